The first-order chi connectivity index (χ1) is 8.84. The molecule has 2 aliphatic rings. The highest BCUT2D eigenvalue weighted by atomic mass is 15.2. The van der Waals surface area contributed by atoms with Gasteiger partial charge in [-0.2, -0.15) is 0 Å². The van der Waals surface area contributed by atoms with Crippen LogP contribution in [0, 0.1) is 6.92 Å². The van der Waals surface area contributed by atoms with Crippen molar-refractivity contribution < 1.29 is 0 Å². The molecule has 0 bridgehead atoms. The molecule has 1 N–H and O–H groups in total. The Morgan fingerprint density at radius 3 is 3.06 bits per heavy atom. The van der Waals surface area contributed by atoms with E-state index in [1.165, 1.54) is 63.0 Å². The molecule has 0 spiro atoms. The molecule has 1 aromatic carbocycles. The van der Waals surface area contributed by atoms with E-state index in [2.05, 4.69) is 35.3 Å². The maximum atomic E-state index is 3.52. The molecule has 2 heterocycles. The summed E-state index contributed by atoms with van der Waals surface area (Å²) >= 11 is 0. The third-order valence-electron chi connectivity index (χ3n) is 4.38. The number of hydrogen-bond donors (Lipinski definition) is 1. The second kappa shape index (κ2) is 5.31. The monoisotopic (exact) mass is 244 g/mol. The Bertz CT molecular complexity index is 406. The standard InChI is InChI=1S/C16H24N2/c1-13-6-7-16-14(12-13)4-3-11-18(16)15-5-2-9-17-10-8-15/h6-7,12,15,17H,2-5,8-11H2,1H3. The predicted molar refractivity (Wildman–Crippen MR) is 77.4 cm³/mol. The summed E-state index contributed by atoms with van der Waals surface area (Å²) in [4.78, 5) is 2.69. The van der Waals surface area contributed by atoms with Gasteiger partial charge in [0.15, 0.2) is 0 Å². The second-order valence-electron chi connectivity index (χ2n) is 5.76. The van der Waals surface area contributed by atoms with Crippen molar-refractivity contribution in [2.75, 3.05) is 24.5 Å². The van der Waals surface area contributed by atoms with Gasteiger partial charge in [-0.15, -0.1) is 0 Å². The summed E-state index contributed by atoms with van der Waals surface area (Å²) in [6.07, 6.45) is 6.55. The van der Waals surface area contributed by atoms with Gasteiger partial charge in [-0.1, -0.05) is 17.7 Å². The molecule has 0 amide bonds. The summed E-state index contributed by atoms with van der Waals surface area (Å²) < 4.78 is 0. The summed E-state index contributed by atoms with van der Waals surface area (Å²) in [6, 6.07) is 7.76. The molecule has 18 heavy (non-hydrogen) atoms. The molecule has 2 nitrogen and oxygen atoms in total. The minimum absolute atomic E-state index is 0.752. The minimum Gasteiger partial charge on any atom is -0.368 e. The SMILES string of the molecule is Cc1ccc2c(c1)CCCN2C1CCCNCC1. The third kappa shape index (κ3) is 2.39. The number of benzene rings is 1. The third-order valence-corrected chi connectivity index (χ3v) is 4.38. The second-order valence-corrected chi connectivity index (χ2v) is 5.76. The van der Waals surface area contributed by atoms with Crippen LogP contribution in [0.5, 0.6) is 0 Å². The van der Waals surface area contributed by atoms with E-state index in [9.17, 15) is 0 Å². The maximum absolute atomic E-state index is 3.52. The van der Waals surface area contributed by atoms with E-state index in [1.807, 2.05) is 0 Å². The molecule has 1 saturated heterocycles. The lowest BCUT2D eigenvalue weighted by molar-refractivity contribution is 0.516. The molecule has 0 aliphatic carbocycles. The fourth-order valence-electron chi connectivity index (χ4n) is 3.45. The molecule has 1 aromatic rings. The molecular formula is C16H24N2. The zero-order valence-electron chi connectivity index (χ0n) is 11.4. The molecule has 0 aromatic heterocycles. The Balaban J connectivity index is 1.85. The van der Waals surface area contributed by atoms with Crippen molar-refractivity contribution in [2.45, 2.75) is 45.1 Å². The lowest BCUT2D eigenvalue weighted by Crippen LogP contribution is -2.39. The molecule has 2 aliphatic heterocycles. The van der Waals surface area contributed by atoms with Crippen LogP contribution < -0.4 is 10.2 Å². The van der Waals surface area contributed by atoms with Crippen molar-refractivity contribution >= 4 is 5.69 Å². The summed E-state index contributed by atoms with van der Waals surface area (Å²) in [5.74, 6) is 0. The van der Waals surface area contributed by atoms with Gasteiger partial charge in [0.2, 0.25) is 0 Å². The van der Waals surface area contributed by atoms with Gasteiger partial charge in [-0.05, 0) is 63.7 Å². The average molecular weight is 244 g/mol. The van der Waals surface area contributed by atoms with Crippen LogP contribution in [0.4, 0.5) is 5.69 Å². The summed E-state index contributed by atoms with van der Waals surface area (Å²) in [5, 5.41) is 3.52. The van der Waals surface area contributed by atoms with E-state index in [-0.39, 0.29) is 0 Å². The molecule has 2 heteroatoms. The number of fused-ring (bicyclic) bond motifs is 1. The first-order valence-electron chi connectivity index (χ1n) is 7.41. The first-order valence-corrected chi connectivity index (χ1v) is 7.41. The van der Waals surface area contributed by atoms with Crippen molar-refractivity contribution in [1.29, 1.82) is 0 Å². The van der Waals surface area contributed by atoms with Crippen LogP contribution in [0.3, 0.4) is 0 Å². The van der Waals surface area contributed by atoms with Crippen LogP contribution in [0.15, 0.2) is 18.2 Å². The minimum atomic E-state index is 0.752. The van der Waals surface area contributed by atoms with Crippen molar-refractivity contribution in [1.82, 2.24) is 5.32 Å². The first kappa shape index (κ1) is 12.0. The Labute approximate surface area is 110 Å². The molecular weight excluding hydrogens is 220 g/mol. The summed E-state index contributed by atoms with van der Waals surface area (Å²) in [5.41, 5.74) is 4.48. The van der Waals surface area contributed by atoms with E-state index in [0.717, 1.165) is 6.04 Å². The maximum Gasteiger partial charge on any atom is 0.0401 e. The van der Waals surface area contributed by atoms with Gasteiger partial charge in [0.05, 0.1) is 0 Å². The number of nitrogens with one attached hydrogen (secondary N) is 1. The van der Waals surface area contributed by atoms with Crippen molar-refractivity contribution in [3.8, 4) is 0 Å². The van der Waals surface area contributed by atoms with Gasteiger partial charge < -0.3 is 10.2 Å². The summed E-state index contributed by atoms with van der Waals surface area (Å²) in [7, 11) is 0. The zero-order valence-corrected chi connectivity index (χ0v) is 11.4. The Morgan fingerprint density at radius 1 is 1.17 bits per heavy atom. The Hall–Kier alpha value is -1.02. The van der Waals surface area contributed by atoms with Crippen LogP contribution in [-0.2, 0) is 6.42 Å². The molecule has 1 atom stereocenters. The predicted octanol–water partition coefficient (Wildman–Crippen LogP) is 2.89. The van der Waals surface area contributed by atoms with Gasteiger partial charge in [-0.3, -0.25) is 0 Å². The van der Waals surface area contributed by atoms with Gasteiger partial charge in [0.1, 0.15) is 0 Å². The highest BCUT2D eigenvalue weighted by molar-refractivity contribution is 5.57. The topological polar surface area (TPSA) is 15.3 Å². The zero-order chi connectivity index (χ0) is 12.4. The van der Waals surface area contributed by atoms with Crippen molar-refractivity contribution in [2.24, 2.45) is 0 Å². The molecule has 98 valence electrons. The Kier molecular flexibility index (Phi) is 3.55. The van der Waals surface area contributed by atoms with Crippen LogP contribution in [0.2, 0.25) is 0 Å². The smallest absolute Gasteiger partial charge is 0.0401 e. The number of aryl methyl sites for hydroxylation is 2. The lowest BCUT2D eigenvalue weighted by Gasteiger charge is -2.38. The van der Waals surface area contributed by atoms with Crippen molar-refractivity contribution in [3.63, 3.8) is 0 Å². The Morgan fingerprint density at radius 2 is 2.11 bits per heavy atom. The van der Waals surface area contributed by atoms with E-state index in [1.54, 1.807) is 5.56 Å². The fraction of sp³-hybridized carbons (Fsp3) is 0.625. The highest BCUT2D eigenvalue weighted by Gasteiger charge is 2.24. The van der Waals surface area contributed by atoms with E-state index in [4.69, 9.17) is 0 Å². The van der Waals surface area contributed by atoms with Gasteiger partial charge >= 0.3 is 0 Å². The lowest BCUT2D eigenvalue weighted by atomic mass is 9.96. The number of hydrogen-bond acceptors (Lipinski definition) is 2. The normalized spacial score (nSPS) is 24.5. The van der Waals surface area contributed by atoms with Gasteiger partial charge in [0.25, 0.3) is 0 Å². The van der Waals surface area contributed by atoms with Crippen molar-refractivity contribution in [3.05, 3.63) is 29.3 Å². The number of nitrogens with zero attached hydrogens (tertiary/aromatic N) is 1. The van der Waals surface area contributed by atoms with Gasteiger partial charge in [0, 0.05) is 18.3 Å². The molecule has 1 fully saturated rings. The van der Waals surface area contributed by atoms with Crippen LogP contribution in [0.25, 0.3) is 0 Å². The molecule has 3 rings (SSSR count). The van der Waals surface area contributed by atoms with E-state index >= 15 is 0 Å². The average Bonchev–Trinajstić information content (AvgIpc) is 2.66. The van der Waals surface area contributed by atoms with E-state index < -0.39 is 0 Å². The largest absolute Gasteiger partial charge is 0.368 e. The molecule has 0 radical (unpaired) electrons. The molecule has 1 unspecified atom stereocenters. The van der Waals surface area contributed by atoms with Gasteiger partial charge in [-0.25, -0.2) is 0 Å². The van der Waals surface area contributed by atoms with Crippen LogP contribution in [-0.4, -0.2) is 25.7 Å². The molecule has 0 saturated carbocycles. The van der Waals surface area contributed by atoms with E-state index in [0.29, 0.717) is 0 Å². The highest BCUT2D eigenvalue weighted by Crippen LogP contribution is 2.31. The number of rotatable bonds is 1. The van der Waals surface area contributed by atoms with Crippen LogP contribution in [0.1, 0.15) is 36.8 Å². The number of anilines is 1. The quantitative estimate of drug-likeness (QED) is 0.817. The fourth-order valence-corrected chi connectivity index (χ4v) is 3.45. The van der Waals surface area contributed by atoms with Crippen LogP contribution >= 0.6 is 0 Å². The summed E-state index contributed by atoms with van der Waals surface area (Å²) in [6.45, 7) is 5.84.